The van der Waals surface area contributed by atoms with Crippen LogP contribution in [0.5, 0.6) is 0 Å². The smallest absolute Gasteiger partial charge is 0.189 e. The summed E-state index contributed by atoms with van der Waals surface area (Å²) < 4.78 is 0. The van der Waals surface area contributed by atoms with Gasteiger partial charge in [0.15, 0.2) is 5.96 Å². The molecular weight excluding hydrogens is 389 g/mol. The zero-order valence-electron chi connectivity index (χ0n) is 13.8. The van der Waals surface area contributed by atoms with Gasteiger partial charge in [0.05, 0.1) is 6.54 Å². The molecule has 0 aromatic carbocycles. The van der Waals surface area contributed by atoms with Crippen LogP contribution in [0, 0.1) is 0 Å². The molecule has 0 aliphatic carbocycles. The van der Waals surface area contributed by atoms with Gasteiger partial charge in [-0.05, 0) is 57.7 Å². The number of piperidine rings is 1. The van der Waals surface area contributed by atoms with E-state index in [-0.39, 0.29) is 29.5 Å². The van der Waals surface area contributed by atoms with Gasteiger partial charge in [0.25, 0.3) is 0 Å². The summed E-state index contributed by atoms with van der Waals surface area (Å²) in [4.78, 5) is 11.2. The van der Waals surface area contributed by atoms with Gasteiger partial charge in [0.1, 0.15) is 5.82 Å². The van der Waals surface area contributed by atoms with Gasteiger partial charge in [0.2, 0.25) is 0 Å². The number of anilines is 1. The lowest BCUT2D eigenvalue weighted by Crippen LogP contribution is -2.44. The summed E-state index contributed by atoms with van der Waals surface area (Å²) >= 11 is 0. The van der Waals surface area contributed by atoms with E-state index in [0.717, 1.165) is 24.5 Å². The highest BCUT2D eigenvalue weighted by Crippen LogP contribution is 2.18. The van der Waals surface area contributed by atoms with Crippen LogP contribution in [0.2, 0.25) is 0 Å². The molecule has 1 aromatic heterocycles. The number of hydrogen-bond donors (Lipinski definition) is 2. The molecule has 1 aliphatic rings. The molecule has 0 unspecified atom stereocenters. The van der Waals surface area contributed by atoms with Gasteiger partial charge in [-0.3, -0.25) is 0 Å². The van der Waals surface area contributed by atoms with Crippen molar-refractivity contribution in [3.63, 3.8) is 0 Å². The number of rotatable bonds is 3. The Morgan fingerprint density at radius 1 is 1.32 bits per heavy atom. The summed E-state index contributed by atoms with van der Waals surface area (Å²) in [7, 11) is 0. The first-order valence-corrected chi connectivity index (χ1v) is 7.72. The molecule has 5 nitrogen and oxygen atoms in total. The molecule has 1 saturated heterocycles. The third kappa shape index (κ3) is 6.37. The lowest BCUT2D eigenvalue weighted by atomic mass is 10.1. The first-order chi connectivity index (χ1) is 9.94. The Labute approximate surface area is 150 Å². The largest absolute Gasteiger partial charge is 0.370 e. The van der Waals surface area contributed by atoms with Crippen molar-refractivity contribution >= 4 is 35.8 Å². The Balaban J connectivity index is 0.00000242. The van der Waals surface area contributed by atoms with Gasteiger partial charge in [-0.25, -0.2) is 9.98 Å². The van der Waals surface area contributed by atoms with Crippen molar-refractivity contribution in [1.29, 1.82) is 0 Å². The molecule has 0 atom stereocenters. The third-order valence-corrected chi connectivity index (χ3v) is 3.43. The summed E-state index contributed by atoms with van der Waals surface area (Å²) in [5, 5.41) is 3.17. The average Bonchev–Trinajstić information content (AvgIpc) is 2.45. The van der Waals surface area contributed by atoms with Crippen molar-refractivity contribution in [3.8, 4) is 0 Å². The van der Waals surface area contributed by atoms with Crippen molar-refractivity contribution < 1.29 is 0 Å². The molecule has 0 saturated carbocycles. The van der Waals surface area contributed by atoms with Crippen LogP contribution in [0.1, 0.15) is 45.6 Å². The maximum absolute atomic E-state index is 5.90. The summed E-state index contributed by atoms with van der Waals surface area (Å²) in [5.41, 5.74) is 6.98. The van der Waals surface area contributed by atoms with Gasteiger partial charge in [0, 0.05) is 24.8 Å². The zero-order chi connectivity index (χ0) is 15.3. The molecule has 22 heavy (non-hydrogen) atoms. The second kappa shape index (κ2) is 8.55. The van der Waals surface area contributed by atoms with Gasteiger partial charge in [-0.1, -0.05) is 0 Å². The van der Waals surface area contributed by atoms with Crippen LogP contribution in [0.4, 0.5) is 5.82 Å². The van der Waals surface area contributed by atoms with Crippen molar-refractivity contribution in [3.05, 3.63) is 23.9 Å². The van der Waals surface area contributed by atoms with Crippen LogP contribution in [-0.4, -0.2) is 29.6 Å². The van der Waals surface area contributed by atoms with Gasteiger partial charge in [-0.15, -0.1) is 24.0 Å². The van der Waals surface area contributed by atoms with Crippen molar-refractivity contribution in [2.24, 2.45) is 10.7 Å². The number of hydrogen-bond acceptors (Lipinski definition) is 3. The lowest BCUT2D eigenvalue weighted by Gasteiger charge is -2.27. The Kier molecular flexibility index (Phi) is 7.38. The summed E-state index contributed by atoms with van der Waals surface area (Å²) in [5.74, 6) is 1.54. The number of nitrogens with one attached hydrogen (secondary N) is 1. The average molecular weight is 417 g/mol. The monoisotopic (exact) mass is 417 g/mol. The predicted molar refractivity (Wildman–Crippen MR) is 104 cm³/mol. The number of pyridine rings is 1. The molecule has 0 amide bonds. The number of aliphatic imine (C=N–C) groups is 1. The fourth-order valence-corrected chi connectivity index (χ4v) is 2.46. The topological polar surface area (TPSA) is 66.5 Å². The third-order valence-electron chi connectivity index (χ3n) is 3.43. The van der Waals surface area contributed by atoms with Crippen molar-refractivity contribution in [2.75, 3.05) is 18.0 Å². The second-order valence-corrected chi connectivity index (χ2v) is 6.65. The fraction of sp³-hybridized carbons (Fsp3) is 0.625. The van der Waals surface area contributed by atoms with Crippen LogP contribution in [-0.2, 0) is 6.54 Å². The number of aromatic nitrogens is 1. The number of nitrogens with zero attached hydrogens (tertiary/aromatic N) is 3. The molecular formula is C16H28IN5. The maximum atomic E-state index is 5.90. The highest BCUT2D eigenvalue weighted by atomic mass is 127. The standard InChI is InChI=1S/C16H27N5.HI/c1-16(2,3)20-15(17)19-12-13-7-8-18-14(11-13)21-9-5-4-6-10-21;/h7-8,11H,4-6,9-10,12H2,1-3H3,(H3,17,19,20);1H. The van der Waals surface area contributed by atoms with Crippen LogP contribution >= 0.6 is 24.0 Å². The molecule has 124 valence electrons. The van der Waals surface area contributed by atoms with E-state index in [9.17, 15) is 0 Å². The molecule has 0 bridgehead atoms. The van der Waals surface area contributed by atoms with Gasteiger partial charge in [-0.2, -0.15) is 0 Å². The Bertz CT molecular complexity index is 490. The lowest BCUT2D eigenvalue weighted by molar-refractivity contribution is 0.508. The van der Waals surface area contributed by atoms with Crippen LogP contribution in [0.15, 0.2) is 23.3 Å². The highest BCUT2D eigenvalue weighted by molar-refractivity contribution is 14.0. The Hall–Kier alpha value is -1.05. The van der Waals surface area contributed by atoms with Crippen molar-refractivity contribution in [2.45, 2.75) is 52.1 Å². The minimum atomic E-state index is -0.0647. The van der Waals surface area contributed by atoms with E-state index in [1.165, 1.54) is 19.3 Å². The van der Waals surface area contributed by atoms with E-state index in [4.69, 9.17) is 5.73 Å². The molecule has 0 radical (unpaired) electrons. The molecule has 3 N–H and O–H groups in total. The zero-order valence-corrected chi connectivity index (χ0v) is 16.1. The summed E-state index contributed by atoms with van der Waals surface area (Å²) in [6.45, 7) is 8.99. The number of guanidine groups is 1. The van der Waals surface area contributed by atoms with E-state index < -0.39 is 0 Å². The van der Waals surface area contributed by atoms with E-state index in [2.05, 4.69) is 47.0 Å². The van der Waals surface area contributed by atoms with E-state index in [1.54, 1.807) is 0 Å². The minimum absolute atomic E-state index is 0. The summed E-state index contributed by atoms with van der Waals surface area (Å²) in [6.07, 6.45) is 5.71. The first kappa shape index (κ1) is 19.0. The van der Waals surface area contributed by atoms with Crippen LogP contribution < -0.4 is 16.0 Å². The van der Waals surface area contributed by atoms with Crippen LogP contribution in [0.3, 0.4) is 0 Å². The number of nitrogens with two attached hydrogens (primary N) is 1. The fourth-order valence-electron chi connectivity index (χ4n) is 2.46. The molecule has 1 aliphatic heterocycles. The second-order valence-electron chi connectivity index (χ2n) is 6.65. The Morgan fingerprint density at radius 2 is 2.00 bits per heavy atom. The van der Waals surface area contributed by atoms with Gasteiger partial charge >= 0.3 is 0 Å². The number of halogens is 1. The van der Waals surface area contributed by atoms with Crippen molar-refractivity contribution in [1.82, 2.24) is 10.3 Å². The first-order valence-electron chi connectivity index (χ1n) is 7.72. The quantitative estimate of drug-likeness (QED) is 0.451. The molecule has 2 rings (SSSR count). The summed E-state index contributed by atoms with van der Waals surface area (Å²) in [6, 6.07) is 4.13. The SMILES string of the molecule is CC(C)(C)NC(N)=NCc1ccnc(N2CCCCC2)c1.I. The molecule has 6 heteroatoms. The highest BCUT2D eigenvalue weighted by Gasteiger charge is 2.12. The van der Waals surface area contributed by atoms with E-state index >= 15 is 0 Å². The maximum Gasteiger partial charge on any atom is 0.189 e. The molecule has 2 heterocycles. The van der Waals surface area contributed by atoms with Crippen LogP contribution in [0.25, 0.3) is 0 Å². The van der Waals surface area contributed by atoms with E-state index in [0.29, 0.717) is 12.5 Å². The molecule has 1 aromatic rings. The van der Waals surface area contributed by atoms with E-state index in [1.807, 2.05) is 12.3 Å². The molecule has 1 fully saturated rings. The molecule has 0 spiro atoms. The Morgan fingerprint density at radius 3 is 2.64 bits per heavy atom. The minimum Gasteiger partial charge on any atom is -0.370 e. The predicted octanol–water partition coefficient (Wildman–Crippen LogP) is 2.89. The normalized spacial score (nSPS) is 16.1. The van der Waals surface area contributed by atoms with Gasteiger partial charge < -0.3 is 16.0 Å².